The van der Waals surface area contributed by atoms with Gasteiger partial charge in [-0.25, -0.2) is 0 Å². The molecule has 0 fully saturated rings. The molecule has 0 N–H and O–H groups in total. The van der Waals surface area contributed by atoms with Crippen LogP contribution in [0.1, 0.15) is 5.56 Å². The van der Waals surface area contributed by atoms with E-state index in [2.05, 4.69) is 76.0 Å². The van der Waals surface area contributed by atoms with Crippen molar-refractivity contribution < 1.29 is 4.70 Å². The van der Waals surface area contributed by atoms with E-state index >= 15 is 0 Å². The highest BCUT2D eigenvalue weighted by atomic mass is 32.1. The molecule has 0 spiro atoms. The third-order valence-electron chi connectivity index (χ3n) is 5.39. The van der Waals surface area contributed by atoms with Crippen LogP contribution in [-0.2, 0) is 0 Å². The minimum Gasteiger partial charge on any atom is -0.256 e. The highest BCUT2D eigenvalue weighted by molar-refractivity contribution is 7.25. The van der Waals surface area contributed by atoms with Gasteiger partial charge >= 0.3 is 0 Å². The van der Waals surface area contributed by atoms with Crippen molar-refractivity contribution in [3.63, 3.8) is 0 Å². The van der Waals surface area contributed by atoms with Gasteiger partial charge in [0, 0.05) is 37.5 Å². The van der Waals surface area contributed by atoms with Crippen LogP contribution >= 0.6 is 11.3 Å². The minimum absolute atomic E-state index is 0.655. The van der Waals surface area contributed by atoms with Crippen LogP contribution in [0.25, 0.3) is 31.4 Å². The van der Waals surface area contributed by atoms with E-state index in [0.717, 1.165) is 28.2 Å². The summed E-state index contributed by atoms with van der Waals surface area (Å²) >= 11 is 1.83. The summed E-state index contributed by atoms with van der Waals surface area (Å²) in [5.74, 6) is 0. The Morgan fingerprint density at radius 1 is 0.733 bits per heavy atom. The molecular formula is C25H17N4S+. The summed E-state index contributed by atoms with van der Waals surface area (Å²) in [5, 5.41) is 11.5. The molecule has 0 bridgehead atoms. The van der Waals surface area contributed by atoms with Crippen LogP contribution in [-0.4, -0.2) is 21.9 Å². The Labute approximate surface area is 177 Å². The first-order valence-electron chi connectivity index (χ1n) is 9.83. The average molecular weight is 406 g/mol. The zero-order valence-electron chi connectivity index (χ0n) is 16.1. The van der Waals surface area contributed by atoms with Gasteiger partial charge in [-0.1, -0.05) is 42.5 Å². The molecule has 4 nitrogen and oxygen atoms in total. The van der Waals surface area contributed by atoms with Gasteiger partial charge in [0.25, 0.3) is 0 Å². The molecule has 3 heterocycles. The summed E-state index contributed by atoms with van der Waals surface area (Å²) in [7, 11) is 0. The molecule has 30 heavy (non-hydrogen) atoms. The Morgan fingerprint density at radius 2 is 1.63 bits per heavy atom. The third-order valence-corrected chi connectivity index (χ3v) is 6.52. The molecular weight excluding hydrogens is 388 g/mol. The average Bonchev–Trinajstić information content (AvgIpc) is 3.44. The number of pyridine rings is 1. The van der Waals surface area contributed by atoms with Crippen molar-refractivity contribution in [2.45, 2.75) is 0 Å². The van der Waals surface area contributed by atoms with Gasteiger partial charge in [-0.15, -0.1) is 16.0 Å². The van der Waals surface area contributed by atoms with Crippen molar-refractivity contribution >= 4 is 42.9 Å². The Hall–Kier alpha value is -3.70. The maximum atomic E-state index is 4.48. The van der Waals surface area contributed by atoms with Crippen LogP contribution in [0.3, 0.4) is 0 Å². The lowest BCUT2D eigenvalue weighted by Crippen LogP contribution is -2.11. The smallest absolute Gasteiger partial charge is 0.231 e. The first-order valence-corrected chi connectivity index (χ1v) is 10.6. The van der Waals surface area contributed by atoms with E-state index < -0.39 is 0 Å². The number of hydrogen-bond donors (Lipinski definition) is 0. The van der Waals surface area contributed by atoms with Crippen LogP contribution in [0.15, 0.2) is 101 Å². The second-order valence-corrected chi connectivity index (χ2v) is 8.35. The minimum atomic E-state index is 0.655. The van der Waals surface area contributed by atoms with Gasteiger partial charge in [0.1, 0.15) is 5.22 Å². The zero-order chi connectivity index (χ0) is 19.9. The van der Waals surface area contributed by atoms with Gasteiger partial charge in [-0.3, -0.25) is 4.98 Å². The van der Waals surface area contributed by atoms with Gasteiger partial charge < -0.3 is 0 Å². The Balaban J connectivity index is 1.29. The zero-order valence-corrected chi connectivity index (χ0v) is 16.9. The highest BCUT2D eigenvalue weighted by Crippen LogP contribution is 2.34. The summed E-state index contributed by atoms with van der Waals surface area (Å²) in [5.41, 5.74) is 5.15. The van der Waals surface area contributed by atoms with Gasteiger partial charge in [-0.05, 0) is 42.5 Å². The topological polar surface area (TPSA) is 40.6 Å². The predicted octanol–water partition coefficient (Wildman–Crippen LogP) is 6.63. The first-order chi connectivity index (χ1) is 14.8. The van der Waals surface area contributed by atoms with Crippen LogP contribution < -0.4 is 0 Å². The molecule has 6 rings (SSSR count). The number of fused-ring (bicyclic) bond motifs is 3. The monoisotopic (exact) mass is 405 g/mol. The number of rotatable bonds is 3. The van der Waals surface area contributed by atoms with Crippen LogP contribution in [0.5, 0.6) is 0 Å². The van der Waals surface area contributed by atoms with Crippen molar-refractivity contribution in [3.8, 4) is 11.3 Å². The van der Waals surface area contributed by atoms with Gasteiger partial charge in [0.2, 0.25) is 5.71 Å². The molecule has 2 aromatic heterocycles. The molecule has 142 valence electrons. The standard InChI is InChI=1S/C25H17N4S/c1-2-10-24-20(8-1)21-12-11-18(15-25(21)30-24)23-16-29(28-27-23)19-7-5-6-17(14-19)22-9-3-4-13-26-22/h1-15H,16H2/q+1. The number of hydrogen-bond acceptors (Lipinski definition) is 4. The molecule has 0 aliphatic carbocycles. The Kier molecular flexibility index (Phi) is 3.99. The van der Waals surface area contributed by atoms with Crippen molar-refractivity contribution in [1.82, 2.24) is 4.98 Å². The van der Waals surface area contributed by atoms with E-state index in [4.69, 9.17) is 0 Å². The van der Waals surface area contributed by atoms with Crippen molar-refractivity contribution in [2.24, 2.45) is 10.3 Å². The molecule has 0 saturated carbocycles. The fraction of sp³-hybridized carbons (Fsp3) is 0.0400. The quantitative estimate of drug-likeness (QED) is 0.311. The molecule has 3 aromatic carbocycles. The lowest BCUT2D eigenvalue weighted by molar-refractivity contribution is -0.492. The molecule has 0 saturated heterocycles. The van der Waals surface area contributed by atoms with Crippen LogP contribution in [0.2, 0.25) is 0 Å². The molecule has 0 atom stereocenters. The van der Waals surface area contributed by atoms with Gasteiger partial charge in [-0.2, -0.15) is 0 Å². The lowest BCUT2D eigenvalue weighted by atomic mass is 10.1. The molecule has 1 aliphatic heterocycles. The summed E-state index contributed by atoms with van der Waals surface area (Å²) in [4.78, 5) is 4.45. The first kappa shape index (κ1) is 17.2. The van der Waals surface area contributed by atoms with E-state index in [1.165, 1.54) is 20.2 Å². The van der Waals surface area contributed by atoms with Crippen molar-refractivity contribution in [1.29, 1.82) is 0 Å². The lowest BCUT2D eigenvalue weighted by Gasteiger charge is -2.03. The van der Waals surface area contributed by atoms with E-state index in [1.807, 2.05) is 46.5 Å². The van der Waals surface area contributed by atoms with E-state index in [-0.39, 0.29) is 0 Å². The van der Waals surface area contributed by atoms with Crippen molar-refractivity contribution in [3.05, 3.63) is 96.7 Å². The van der Waals surface area contributed by atoms with Crippen LogP contribution in [0, 0.1) is 0 Å². The fourth-order valence-corrected chi connectivity index (χ4v) is 5.02. The van der Waals surface area contributed by atoms with Crippen molar-refractivity contribution in [2.75, 3.05) is 6.54 Å². The normalized spacial score (nSPS) is 13.6. The number of benzene rings is 3. The molecule has 1 aliphatic rings. The molecule has 0 radical (unpaired) electrons. The van der Waals surface area contributed by atoms with E-state index in [9.17, 15) is 0 Å². The van der Waals surface area contributed by atoms with E-state index in [1.54, 1.807) is 0 Å². The Morgan fingerprint density at radius 3 is 2.57 bits per heavy atom. The maximum absolute atomic E-state index is 4.48. The molecule has 0 amide bonds. The second-order valence-electron chi connectivity index (χ2n) is 7.27. The summed E-state index contributed by atoms with van der Waals surface area (Å²) in [6.45, 7) is 0.655. The number of nitrogens with zero attached hydrogens (tertiary/aromatic N) is 4. The number of thiophene rings is 1. The van der Waals surface area contributed by atoms with Gasteiger partial charge in [0.15, 0.2) is 12.2 Å². The summed E-state index contributed by atoms with van der Waals surface area (Å²) in [6.07, 6.45) is 1.81. The molecule has 5 heteroatoms. The summed E-state index contributed by atoms with van der Waals surface area (Å²) < 4.78 is 4.54. The van der Waals surface area contributed by atoms with Crippen LogP contribution in [0.4, 0.5) is 5.69 Å². The second kappa shape index (κ2) is 6.97. The largest absolute Gasteiger partial charge is 0.256 e. The molecule has 0 unspecified atom stereocenters. The Bertz CT molecular complexity index is 1460. The van der Waals surface area contributed by atoms with E-state index in [0.29, 0.717) is 6.54 Å². The maximum Gasteiger partial charge on any atom is 0.231 e. The fourth-order valence-electron chi connectivity index (χ4n) is 3.87. The predicted molar refractivity (Wildman–Crippen MR) is 123 cm³/mol. The SMILES string of the molecule is c1ccc(-c2cccc([N+]3=NN=C(c4ccc5c(c4)sc4ccccc45)C3)c2)nc1. The third kappa shape index (κ3) is 2.91. The number of aromatic nitrogens is 1. The van der Waals surface area contributed by atoms with Gasteiger partial charge in [0.05, 0.1) is 10.8 Å². The summed E-state index contributed by atoms with van der Waals surface area (Å²) in [6, 6.07) is 29.4. The highest BCUT2D eigenvalue weighted by Gasteiger charge is 2.24. The molecule has 5 aromatic rings.